The summed E-state index contributed by atoms with van der Waals surface area (Å²) >= 11 is 0. The molecule has 0 bridgehead atoms. The highest BCUT2D eigenvalue weighted by Gasteiger charge is 2.56. The van der Waals surface area contributed by atoms with Crippen LogP contribution in [0.3, 0.4) is 0 Å². The summed E-state index contributed by atoms with van der Waals surface area (Å²) in [6.07, 6.45) is -0.744. The molecule has 0 fully saturated rings. The summed E-state index contributed by atoms with van der Waals surface area (Å²) in [6.45, 7) is 2.75. The third kappa shape index (κ3) is 4.24. The molecule has 0 aliphatic rings. The van der Waals surface area contributed by atoms with Crippen LogP contribution in [0, 0.1) is 0 Å². The van der Waals surface area contributed by atoms with Crippen molar-refractivity contribution in [3.63, 3.8) is 0 Å². The van der Waals surface area contributed by atoms with Gasteiger partial charge >= 0.3 is 20.8 Å². The number of hydrogen-bond donors (Lipinski definition) is 4. The van der Waals surface area contributed by atoms with Crippen molar-refractivity contribution in [3.8, 4) is 0 Å². The van der Waals surface area contributed by atoms with Crippen molar-refractivity contribution in [2.45, 2.75) is 20.0 Å². The maximum atomic E-state index is 10.9. The van der Waals surface area contributed by atoms with Gasteiger partial charge in [-0.2, -0.15) is 14.7 Å². The largest absolute Gasteiger partial charge is 0.492 e. The first-order valence-electron chi connectivity index (χ1n) is 3.21. The van der Waals surface area contributed by atoms with Crippen LogP contribution in [0.1, 0.15) is 13.8 Å². The van der Waals surface area contributed by atoms with E-state index in [1.54, 1.807) is 0 Å². The number of carbonyl (C=O) groups is 1. The fraction of sp³-hybridized carbons (Fsp3) is 0.750. The van der Waals surface area contributed by atoms with Crippen LogP contribution < -0.4 is 0 Å². The first-order valence-corrected chi connectivity index (χ1v) is 6.43. The lowest BCUT2D eigenvalue weighted by atomic mass is 10.5. The second kappa shape index (κ2) is 4.11. The Morgan fingerprint density at radius 3 is 2.00 bits per heavy atom. The number of carbonyl (C=O) groups excluding carboxylic acids is 1. The smallest absolute Gasteiger partial charge is 0.316 e. The molecule has 0 radical (unpaired) electrons. The van der Waals surface area contributed by atoms with Gasteiger partial charge in [-0.25, -0.2) is 9.36 Å². The molecule has 0 aromatic carbocycles. The van der Waals surface area contributed by atoms with Crippen molar-refractivity contribution in [1.29, 1.82) is 0 Å². The third-order valence-electron chi connectivity index (χ3n) is 0.852. The zero-order valence-corrected chi connectivity index (χ0v) is 8.77. The van der Waals surface area contributed by atoms with Crippen LogP contribution in [0.5, 0.6) is 0 Å². The molecule has 13 heavy (non-hydrogen) atoms. The molecule has 0 heterocycles. The lowest BCUT2D eigenvalue weighted by molar-refractivity contribution is 0.200. The van der Waals surface area contributed by atoms with Crippen LogP contribution in [0.2, 0.25) is 0 Å². The predicted octanol–water partition coefficient (Wildman–Crippen LogP) is 0.456. The molecule has 0 saturated heterocycles. The van der Waals surface area contributed by atoms with Crippen LogP contribution in [0.15, 0.2) is 0 Å². The van der Waals surface area contributed by atoms with Crippen LogP contribution >= 0.6 is 15.5 Å². The Labute approximate surface area is 75.1 Å². The zero-order valence-electron chi connectivity index (χ0n) is 6.99. The molecule has 0 aromatic heterocycles. The van der Waals surface area contributed by atoms with Crippen LogP contribution in [-0.4, -0.2) is 30.9 Å². The molecule has 9 heteroatoms. The topological polar surface area (TPSA) is 124 Å². The van der Waals surface area contributed by atoms with Crippen LogP contribution in [0.25, 0.3) is 0 Å². The quantitative estimate of drug-likeness (QED) is 0.519. The van der Waals surface area contributed by atoms with E-state index in [2.05, 4.69) is 4.52 Å². The first-order chi connectivity index (χ1) is 5.57. The highest BCUT2D eigenvalue weighted by Crippen LogP contribution is 2.63. The Hall–Kier alpha value is 0.130. The Morgan fingerprint density at radius 1 is 1.38 bits per heavy atom. The summed E-state index contributed by atoms with van der Waals surface area (Å²) in [6, 6.07) is 0. The fourth-order valence-electron chi connectivity index (χ4n) is 0.500. The molecule has 0 saturated carbocycles. The second-order valence-corrected chi connectivity index (χ2v) is 6.08. The van der Waals surface area contributed by atoms with Crippen molar-refractivity contribution in [2.24, 2.45) is 0 Å². The van der Waals surface area contributed by atoms with Gasteiger partial charge in [0.25, 0.3) is 0 Å². The van der Waals surface area contributed by atoms with Crippen molar-refractivity contribution >= 4 is 20.8 Å². The first kappa shape index (κ1) is 13.1. The van der Waals surface area contributed by atoms with Gasteiger partial charge in [0.05, 0.1) is 6.10 Å². The van der Waals surface area contributed by atoms with Gasteiger partial charge in [-0.05, 0) is 13.8 Å². The molecule has 1 unspecified atom stereocenters. The van der Waals surface area contributed by atoms with E-state index in [0.717, 1.165) is 0 Å². The Bertz CT molecular complexity index is 241. The average molecular weight is 233 g/mol. The molecule has 1 atom stereocenters. The summed E-state index contributed by atoms with van der Waals surface area (Å²) < 4.78 is 15.1. The Kier molecular flexibility index (Phi) is 4.15. The molecule has 78 valence electrons. The lowest BCUT2D eigenvalue weighted by Gasteiger charge is -2.11. The van der Waals surface area contributed by atoms with Gasteiger partial charge in [0.1, 0.15) is 0 Å². The molecule has 7 nitrogen and oxygen atoms in total. The van der Waals surface area contributed by atoms with Crippen molar-refractivity contribution in [3.05, 3.63) is 0 Å². The van der Waals surface area contributed by atoms with Gasteiger partial charge in [-0.3, -0.25) is 4.52 Å². The molecule has 0 amide bonds. The molecule has 0 aliphatic carbocycles. The van der Waals surface area contributed by atoms with Crippen LogP contribution in [-0.2, 0) is 9.09 Å². The highest BCUT2D eigenvalue weighted by molar-refractivity contribution is 8.00. The van der Waals surface area contributed by atoms with Gasteiger partial charge in [0, 0.05) is 0 Å². The van der Waals surface area contributed by atoms with Crippen molar-refractivity contribution in [1.82, 2.24) is 0 Å². The maximum Gasteiger partial charge on any atom is 0.492 e. The molecule has 0 rings (SSSR count). The summed E-state index contributed by atoms with van der Waals surface area (Å²) in [7, 11) is -9.76. The Morgan fingerprint density at radius 2 is 1.77 bits per heavy atom. The SMILES string of the molecule is CC(C)OP(=O)(O)C(=O)[P+](O)(O)O. The second-order valence-electron chi connectivity index (χ2n) is 2.53. The molecule has 0 aliphatic heterocycles. The standard InChI is InChI=1S/C4H10O7P2/c1-3(2)11-13(9,10)4(5)12(6,7)8/h3,6-8H,1-2H3/p+1. The molecule has 0 spiro atoms. The summed E-state index contributed by atoms with van der Waals surface area (Å²) in [5.74, 6) is 0. The van der Waals surface area contributed by atoms with E-state index >= 15 is 0 Å². The van der Waals surface area contributed by atoms with E-state index in [1.165, 1.54) is 13.8 Å². The molecular weight excluding hydrogens is 222 g/mol. The third-order valence-corrected chi connectivity index (χ3v) is 4.12. The molecule has 4 N–H and O–H groups in total. The minimum absolute atomic E-state index is 0.744. The predicted molar refractivity (Wildman–Crippen MR) is 45.0 cm³/mol. The van der Waals surface area contributed by atoms with Crippen molar-refractivity contribution in [2.75, 3.05) is 0 Å². The van der Waals surface area contributed by atoms with E-state index in [9.17, 15) is 9.36 Å². The molecular formula is C4H11O7P2+. The van der Waals surface area contributed by atoms with Gasteiger partial charge in [0.15, 0.2) is 0 Å². The number of hydrogen-bond acceptors (Lipinski definition) is 6. The Balaban J connectivity index is 4.66. The van der Waals surface area contributed by atoms with Gasteiger partial charge in [0.2, 0.25) is 0 Å². The van der Waals surface area contributed by atoms with Gasteiger partial charge < -0.3 is 4.89 Å². The molecule has 0 aromatic rings. The summed E-state index contributed by atoms with van der Waals surface area (Å²) in [4.78, 5) is 44.7. The summed E-state index contributed by atoms with van der Waals surface area (Å²) in [5, 5.41) is -1.96. The van der Waals surface area contributed by atoms with Gasteiger partial charge in [-0.15, -0.1) is 0 Å². The van der Waals surface area contributed by atoms with E-state index in [4.69, 9.17) is 19.6 Å². The van der Waals surface area contributed by atoms with E-state index in [1.807, 2.05) is 0 Å². The minimum atomic E-state index is -4.96. The minimum Gasteiger partial charge on any atom is -0.316 e. The highest BCUT2D eigenvalue weighted by atomic mass is 31.3. The monoisotopic (exact) mass is 233 g/mol. The number of rotatable bonds is 4. The van der Waals surface area contributed by atoms with Crippen molar-refractivity contribution < 1.29 is 33.5 Å². The van der Waals surface area contributed by atoms with E-state index in [0.29, 0.717) is 0 Å². The zero-order chi connectivity index (χ0) is 10.9. The van der Waals surface area contributed by atoms with Crippen LogP contribution in [0.4, 0.5) is 4.79 Å². The van der Waals surface area contributed by atoms with E-state index in [-0.39, 0.29) is 0 Å². The van der Waals surface area contributed by atoms with E-state index < -0.39 is 26.9 Å². The normalized spacial score (nSPS) is 17.2. The van der Waals surface area contributed by atoms with Gasteiger partial charge in [-0.1, -0.05) is 0 Å². The lowest BCUT2D eigenvalue weighted by Crippen LogP contribution is -2.09. The maximum absolute atomic E-state index is 10.9. The fourth-order valence-corrected chi connectivity index (χ4v) is 2.66. The average Bonchev–Trinajstić information content (AvgIpc) is 1.80. The summed E-state index contributed by atoms with van der Waals surface area (Å²) in [5.41, 5.74) is 0.